The highest BCUT2D eigenvalue weighted by Crippen LogP contribution is 2.27. The monoisotopic (exact) mass is 346 g/mol. The molecule has 3 rings (SSSR count). The maximum Gasteiger partial charge on any atom is 0.262 e. The van der Waals surface area contributed by atoms with Gasteiger partial charge in [0.1, 0.15) is 0 Å². The van der Waals surface area contributed by atoms with Crippen molar-refractivity contribution >= 4 is 27.5 Å². The number of hydrogen-bond donors (Lipinski definition) is 1. The summed E-state index contributed by atoms with van der Waals surface area (Å²) in [5, 5.41) is 0. The Morgan fingerprint density at radius 2 is 2.05 bits per heavy atom. The van der Waals surface area contributed by atoms with E-state index in [0.29, 0.717) is 16.6 Å². The molecule has 4 nitrogen and oxygen atoms in total. The van der Waals surface area contributed by atoms with Crippen molar-refractivity contribution in [2.24, 2.45) is 0 Å². The number of H-pyrrole nitrogens is 1. The minimum Gasteiger partial charge on any atom is -0.327 e. The molecule has 0 saturated carbocycles. The average molecular weight is 347 g/mol. The Labute approximate surface area is 130 Å². The summed E-state index contributed by atoms with van der Waals surface area (Å²) in [7, 11) is 0. The van der Waals surface area contributed by atoms with E-state index in [1.807, 2.05) is 23.1 Å². The molecule has 5 heteroatoms. The van der Waals surface area contributed by atoms with Gasteiger partial charge >= 0.3 is 0 Å². The van der Waals surface area contributed by atoms with Gasteiger partial charge in [-0.15, -0.1) is 0 Å². The van der Waals surface area contributed by atoms with Crippen LogP contribution >= 0.6 is 15.9 Å². The van der Waals surface area contributed by atoms with Crippen molar-refractivity contribution in [1.82, 2.24) is 4.98 Å². The van der Waals surface area contributed by atoms with Gasteiger partial charge in [-0.1, -0.05) is 18.2 Å². The smallest absolute Gasteiger partial charge is 0.262 e. The first-order valence-electron chi connectivity index (χ1n) is 6.95. The molecular formula is C16H15BrN2O2. The lowest BCUT2D eigenvalue weighted by molar-refractivity contribution is 0.0986. The second-order valence-corrected chi connectivity index (χ2v) is 5.96. The number of pyridine rings is 1. The van der Waals surface area contributed by atoms with Gasteiger partial charge in [0.05, 0.1) is 10.0 Å². The Morgan fingerprint density at radius 3 is 2.86 bits per heavy atom. The molecular weight excluding hydrogens is 332 g/mol. The van der Waals surface area contributed by atoms with E-state index >= 15 is 0 Å². The fraction of sp³-hybridized carbons (Fsp3) is 0.250. The lowest BCUT2D eigenvalue weighted by Crippen LogP contribution is -2.32. The number of aryl methyl sites for hydroxylation is 1. The molecule has 1 aliphatic rings. The van der Waals surface area contributed by atoms with Crippen molar-refractivity contribution in [2.45, 2.75) is 19.3 Å². The molecule has 0 radical (unpaired) electrons. The number of para-hydroxylation sites is 1. The van der Waals surface area contributed by atoms with Crippen molar-refractivity contribution in [2.75, 3.05) is 11.4 Å². The number of carbonyl (C=O) groups is 1. The Bertz CT molecular complexity index is 739. The number of fused-ring (bicyclic) bond motifs is 1. The molecule has 0 atom stereocenters. The van der Waals surface area contributed by atoms with E-state index in [4.69, 9.17) is 0 Å². The number of benzene rings is 1. The lowest BCUT2D eigenvalue weighted by atomic mass is 10.1. The van der Waals surface area contributed by atoms with Gasteiger partial charge in [0.25, 0.3) is 11.5 Å². The lowest BCUT2D eigenvalue weighted by Gasteiger charge is -2.23. The Hall–Kier alpha value is -1.88. The van der Waals surface area contributed by atoms with Crippen molar-refractivity contribution in [3.63, 3.8) is 0 Å². The molecule has 0 saturated heterocycles. The maximum atomic E-state index is 12.8. The van der Waals surface area contributed by atoms with Gasteiger partial charge in [-0.25, -0.2) is 0 Å². The maximum absolute atomic E-state index is 12.8. The number of carbonyl (C=O) groups excluding carboxylic acids is 1. The molecule has 0 fully saturated rings. The summed E-state index contributed by atoms with van der Waals surface area (Å²) in [4.78, 5) is 28.5. The van der Waals surface area contributed by atoms with E-state index in [2.05, 4.69) is 27.0 Å². The van der Waals surface area contributed by atoms with Crippen molar-refractivity contribution in [1.29, 1.82) is 0 Å². The first kappa shape index (κ1) is 14.1. The molecule has 2 heterocycles. The van der Waals surface area contributed by atoms with E-state index in [0.717, 1.165) is 24.9 Å². The first-order valence-corrected chi connectivity index (χ1v) is 7.74. The fourth-order valence-corrected chi connectivity index (χ4v) is 3.00. The molecule has 1 aliphatic heterocycles. The van der Waals surface area contributed by atoms with Gasteiger partial charge in [0.2, 0.25) is 0 Å². The fourth-order valence-electron chi connectivity index (χ4n) is 2.64. The number of aromatic nitrogens is 1. The predicted octanol–water partition coefficient (Wildman–Crippen LogP) is 3.12. The van der Waals surface area contributed by atoms with Crippen LogP contribution in [-0.4, -0.2) is 17.4 Å². The zero-order valence-corrected chi connectivity index (χ0v) is 13.0. The average Bonchev–Trinajstić information content (AvgIpc) is 2.71. The molecule has 0 spiro atoms. The van der Waals surface area contributed by atoms with E-state index < -0.39 is 0 Å². The molecule has 1 N–H and O–H groups in total. The van der Waals surface area contributed by atoms with Crippen LogP contribution < -0.4 is 10.5 Å². The number of anilines is 1. The van der Waals surface area contributed by atoms with Crippen molar-refractivity contribution in [3.8, 4) is 0 Å². The molecule has 1 aromatic heterocycles. The van der Waals surface area contributed by atoms with Crippen molar-refractivity contribution < 1.29 is 4.79 Å². The second-order valence-electron chi connectivity index (χ2n) is 5.11. The number of rotatable bonds is 1. The minimum atomic E-state index is -0.234. The summed E-state index contributed by atoms with van der Waals surface area (Å²) >= 11 is 3.17. The molecule has 1 aromatic carbocycles. The SMILES string of the molecule is O=C(c1c[nH]c(=O)c(Br)c1)N1CCCCc2ccccc21. The van der Waals surface area contributed by atoms with Crippen LogP contribution in [-0.2, 0) is 6.42 Å². The molecule has 1 amide bonds. The third kappa shape index (κ3) is 2.78. The second kappa shape index (κ2) is 5.85. The predicted molar refractivity (Wildman–Crippen MR) is 85.8 cm³/mol. The topological polar surface area (TPSA) is 53.2 Å². The molecule has 108 valence electrons. The summed E-state index contributed by atoms with van der Waals surface area (Å²) < 4.78 is 0.372. The normalized spacial score (nSPS) is 14.4. The molecule has 2 aromatic rings. The molecule has 21 heavy (non-hydrogen) atoms. The number of hydrogen-bond acceptors (Lipinski definition) is 2. The van der Waals surface area contributed by atoms with E-state index in [1.165, 1.54) is 11.8 Å². The quantitative estimate of drug-likeness (QED) is 0.862. The highest BCUT2D eigenvalue weighted by atomic mass is 79.9. The Kier molecular flexibility index (Phi) is 3.92. The summed E-state index contributed by atoms with van der Waals surface area (Å²) in [6.07, 6.45) is 4.53. The van der Waals surface area contributed by atoms with Crippen LogP contribution in [0.4, 0.5) is 5.69 Å². The standard InChI is InChI=1S/C16H15BrN2O2/c17-13-9-12(10-18-15(13)20)16(21)19-8-4-3-6-11-5-1-2-7-14(11)19/h1-2,5,7,9-10H,3-4,6,8H2,(H,18,20). The number of aromatic amines is 1. The van der Waals surface area contributed by atoms with Gasteiger partial charge in [-0.2, -0.15) is 0 Å². The summed E-state index contributed by atoms with van der Waals surface area (Å²) in [5.74, 6) is -0.0821. The van der Waals surface area contributed by atoms with Gasteiger partial charge in [0.15, 0.2) is 0 Å². The van der Waals surface area contributed by atoms with Crippen LogP contribution in [0.1, 0.15) is 28.8 Å². The largest absolute Gasteiger partial charge is 0.327 e. The van der Waals surface area contributed by atoms with Crippen LogP contribution in [0.2, 0.25) is 0 Å². The van der Waals surface area contributed by atoms with Crippen LogP contribution in [0.5, 0.6) is 0 Å². The highest BCUT2D eigenvalue weighted by molar-refractivity contribution is 9.10. The number of nitrogens with one attached hydrogen (secondary N) is 1. The number of halogens is 1. The van der Waals surface area contributed by atoms with Crippen LogP contribution in [0, 0.1) is 0 Å². The molecule has 0 bridgehead atoms. The van der Waals surface area contributed by atoms with Crippen LogP contribution in [0.25, 0.3) is 0 Å². The number of nitrogens with zero attached hydrogens (tertiary/aromatic N) is 1. The van der Waals surface area contributed by atoms with E-state index in [-0.39, 0.29) is 11.5 Å². The third-order valence-corrected chi connectivity index (χ3v) is 4.30. The summed E-state index contributed by atoms with van der Waals surface area (Å²) in [6, 6.07) is 9.59. The van der Waals surface area contributed by atoms with Crippen LogP contribution in [0.3, 0.4) is 0 Å². The van der Waals surface area contributed by atoms with E-state index in [1.54, 1.807) is 6.07 Å². The van der Waals surface area contributed by atoms with E-state index in [9.17, 15) is 9.59 Å². The minimum absolute atomic E-state index is 0.0821. The Balaban J connectivity index is 2.01. The van der Waals surface area contributed by atoms with Crippen molar-refractivity contribution in [3.05, 3.63) is 62.5 Å². The zero-order valence-electron chi connectivity index (χ0n) is 11.4. The number of amides is 1. The first-order chi connectivity index (χ1) is 10.2. The van der Waals surface area contributed by atoms with Gasteiger partial charge < -0.3 is 9.88 Å². The van der Waals surface area contributed by atoms with Crippen LogP contribution in [0.15, 0.2) is 45.8 Å². The zero-order chi connectivity index (χ0) is 14.8. The highest BCUT2D eigenvalue weighted by Gasteiger charge is 2.22. The molecule has 0 aliphatic carbocycles. The summed E-state index contributed by atoms with van der Waals surface area (Å²) in [6.45, 7) is 0.701. The van der Waals surface area contributed by atoms with Gasteiger partial charge in [-0.05, 0) is 52.9 Å². The molecule has 0 unspecified atom stereocenters. The third-order valence-electron chi connectivity index (χ3n) is 3.71. The van der Waals surface area contributed by atoms with Gasteiger partial charge in [0, 0.05) is 18.4 Å². The summed E-state index contributed by atoms with van der Waals surface area (Å²) in [5.41, 5.74) is 2.43. The Morgan fingerprint density at radius 1 is 1.24 bits per heavy atom. The van der Waals surface area contributed by atoms with Gasteiger partial charge in [-0.3, -0.25) is 9.59 Å².